The fraction of sp³-hybridized carbons (Fsp3) is 0.120. The van der Waals surface area contributed by atoms with Crippen LogP contribution in [0.2, 0.25) is 0 Å². The summed E-state index contributed by atoms with van der Waals surface area (Å²) in [4.78, 5) is 29.1. The van der Waals surface area contributed by atoms with E-state index in [0.29, 0.717) is 29.9 Å². The molecule has 0 radical (unpaired) electrons. The minimum Gasteiger partial charge on any atom is -0.358 e. The summed E-state index contributed by atoms with van der Waals surface area (Å²) < 4.78 is 2.63. The lowest BCUT2D eigenvalue weighted by Gasteiger charge is -2.09. The van der Waals surface area contributed by atoms with Crippen LogP contribution in [0.3, 0.4) is 0 Å². The Balaban J connectivity index is 1.48. The number of carbonyl (C=O) groups is 2. The highest BCUT2D eigenvalue weighted by Gasteiger charge is 2.28. The Kier molecular flexibility index (Phi) is 5.85. The van der Waals surface area contributed by atoms with Crippen molar-refractivity contribution in [3.05, 3.63) is 87.9 Å². The van der Waals surface area contributed by atoms with Crippen molar-refractivity contribution in [2.75, 3.05) is 11.9 Å². The predicted octanol–water partition coefficient (Wildman–Crippen LogP) is 4.27. The van der Waals surface area contributed by atoms with Gasteiger partial charge in [0.2, 0.25) is 0 Å². The van der Waals surface area contributed by atoms with Crippen molar-refractivity contribution in [2.45, 2.75) is 13.5 Å². The number of H-pyrrole nitrogens is 1. The number of benzene rings is 2. The number of fused-ring (bicyclic) bond motifs is 1. The molecule has 34 heavy (non-hydrogen) atoms. The molecular formula is C25H21BrN6O2. The number of rotatable bonds is 6. The molecule has 3 heterocycles. The molecule has 2 aromatic carbocycles. The molecule has 1 aliphatic heterocycles. The molecule has 170 valence electrons. The molecule has 0 aliphatic carbocycles. The summed E-state index contributed by atoms with van der Waals surface area (Å²) in [6, 6.07) is 15.5. The first kappa shape index (κ1) is 21.8. The number of aromatic nitrogens is 4. The summed E-state index contributed by atoms with van der Waals surface area (Å²) in [5, 5.41) is 13.5. The number of nitrogens with one attached hydrogen (secondary N) is 3. The van der Waals surface area contributed by atoms with E-state index in [1.54, 1.807) is 29.2 Å². The minimum absolute atomic E-state index is 0.204. The van der Waals surface area contributed by atoms with Gasteiger partial charge in [-0.05, 0) is 48.4 Å². The van der Waals surface area contributed by atoms with Crippen molar-refractivity contribution in [1.82, 2.24) is 25.3 Å². The van der Waals surface area contributed by atoms with Crippen LogP contribution in [0.25, 0.3) is 22.8 Å². The SMILES string of the molecule is Cc1cc(C(=O)NCCn2ccnn2)c(/C=C2\C(=O)Nc3cccc(-c4ccc(Br)cc4)c32)[nH]1. The average molecular weight is 517 g/mol. The summed E-state index contributed by atoms with van der Waals surface area (Å²) >= 11 is 3.47. The second-order valence-corrected chi connectivity index (χ2v) is 8.86. The van der Waals surface area contributed by atoms with E-state index >= 15 is 0 Å². The Hall–Kier alpha value is -3.98. The molecule has 4 aromatic rings. The zero-order valence-corrected chi connectivity index (χ0v) is 19.9. The highest BCUT2D eigenvalue weighted by molar-refractivity contribution is 9.10. The van der Waals surface area contributed by atoms with Crippen molar-refractivity contribution < 1.29 is 9.59 Å². The van der Waals surface area contributed by atoms with Gasteiger partial charge in [-0.1, -0.05) is 45.4 Å². The summed E-state index contributed by atoms with van der Waals surface area (Å²) in [5.74, 6) is -0.430. The first-order valence-corrected chi connectivity index (χ1v) is 11.5. The maximum absolute atomic E-state index is 12.9. The van der Waals surface area contributed by atoms with Crippen LogP contribution in [-0.2, 0) is 11.3 Å². The Labute approximate surface area is 204 Å². The van der Waals surface area contributed by atoms with E-state index in [9.17, 15) is 9.59 Å². The number of hydrogen-bond acceptors (Lipinski definition) is 4. The molecule has 2 aromatic heterocycles. The maximum atomic E-state index is 12.9. The Morgan fingerprint density at radius 1 is 1.21 bits per heavy atom. The first-order valence-electron chi connectivity index (χ1n) is 10.7. The number of carbonyl (C=O) groups excluding carboxylic acids is 2. The molecular weight excluding hydrogens is 496 g/mol. The van der Waals surface area contributed by atoms with Gasteiger partial charge >= 0.3 is 0 Å². The molecule has 0 atom stereocenters. The van der Waals surface area contributed by atoms with Crippen LogP contribution in [0.1, 0.15) is 27.3 Å². The van der Waals surface area contributed by atoms with E-state index in [1.807, 2.05) is 49.4 Å². The molecule has 0 spiro atoms. The molecule has 3 N–H and O–H groups in total. The molecule has 8 nitrogen and oxygen atoms in total. The van der Waals surface area contributed by atoms with Crippen molar-refractivity contribution >= 4 is 45.1 Å². The van der Waals surface area contributed by atoms with Crippen LogP contribution in [0, 0.1) is 6.92 Å². The smallest absolute Gasteiger partial charge is 0.256 e. The summed E-state index contributed by atoms with van der Waals surface area (Å²) in [6.45, 7) is 2.79. The van der Waals surface area contributed by atoms with Crippen molar-refractivity contribution in [1.29, 1.82) is 0 Å². The molecule has 2 amide bonds. The Morgan fingerprint density at radius 2 is 2.03 bits per heavy atom. The lowest BCUT2D eigenvalue weighted by Crippen LogP contribution is -2.27. The lowest BCUT2D eigenvalue weighted by atomic mass is 9.94. The second-order valence-electron chi connectivity index (χ2n) is 7.95. The van der Waals surface area contributed by atoms with Gasteiger partial charge in [0.1, 0.15) is 0 Å². The standard InChI is InChI=1S/C25H21BrN6O2/c1-15-13-19(24(33)27-9-11-32-12-10-28-31-32)22(29-15)14-20-23-18(16-5-7-17(26)8-6-16)3-2-4-21(23)30-25(20)34/h2-8,10,12-14,29H,9,11H2,1H3,(H,27,33)(H,30,34)/b20-14-. The zero-order chi connectivity index (χ0) is 23.7. The number of halogens is 1. The molecule has 0 saturated heterocycles. The van der Waals surface area contributed by atoms with Crippen LogP contribution in [0.5, 0.6) is 0 Å². The van der Waals surface area contributed by atoms with Crippen LogP contribution >= 0.6 is 15.9 Å². The van der Waals surface area contributed by atoms with Gasteiger partial charge < -0.3 is 15.6 Å². The molecule has 0 saturated carbocycles. The number of nitrogens with zero attached hydrogens (tertiary/aromatic N) is 3. The third-order valence-corrected chi connectivity index (χ3v) is 6.13. The number of aryl methyl sites for hydroxylation is 1. The Bertz CT molecular complexity index is 1400. The van der Waals surface area contributed by atoms with Gasteiger partial charge in [0.05, 0.1) is 29.6 Å². The summed E-state index contributed by atoms with van der Waals surface area (Å²) in [7, 11) is 0. The molecule has 1 aliphatic rings. The topological polar surface area (TPSA) is 105 Å². The van der Waals surface area contributed by atoms with Gasteiger partial charge in [-0.3, -0.25) is 14.3 Å². The fourth-order valence-electron chi connectivity index (χ4n) is 4.04. The lowest BCUT2D eigenvalue weighted by molar-refractivity contribution is -0.110. The fourth-order valence-corrected chi connectivity index (χ4v) is 4.31. The van der Waals surface area contributed by atoms with Crippen LogP contribution in [0.4, 0.5) is 5.69 Å². The summed E-state index contributed by atoms with van der Waals surface area (Å²) in [5.41, 5.74) is 5.90. The van der Waals surface area contributed by atoms with E-state index in [2.05, 4.69) is 41.9 Å². The van der Waals surface area contributed by atoms with Crippen LogP contribution < -0.4 is 10.6 Å². The van der Waals surface area contributed by atoms with Gasteiger partial charge in [0.15, 0.2) is 0 Å². The van der Waals surface area contributed by atoms with Crippen molar-refractivity contribution in [3.63, 3.8) is 0 Å². The van der Waals surface area contributed by atoms with Gasteiger partial charge in [-0.15, -0.1) is 5.10 Å². The summed E-state index contributed by atoms with van der Waals surface area (Å²) in [6.07, 6.45) is 5.08. The van der Waals surface area contributed by atoms with Crippen LogP contribution in [0.15, 0.2) is 65.4 Å². The molecule has 0 fully saturated rings. The van der Waals surface area contributed by atoms with E-state index in [-0.39, 0.29) is 11.8 Å². The molecule has 9 heteroatoms. The third kappa shape index (κ3) is 4.29. The normalized spacial score (nSPS) is 13.7. The van der Waals surface area contributed by atoms with E-state index in [4.69, 9.17) is 0 Å². The predicted molar refractivity (Wildman–Crippen MR) is 134 cm³/mol. The average Bonchev–Trinajstić information content (AvgIpc) is 3.54. The molecule has 5 rings (SSSR count). The molecule has 0 unspecified atom stereocenters. The second kappa shape index (κ2) is 9.11. The number of hydrogen-bond donors (Lipinski definition) is 3. The monoisotopic (exact) mass is 516 g/mol. The van der Waals surface area contributed by atoms with E-state index in [1.165, 1.54) is 0 Å². The van der Waals surface area contributed by atoms with Crippen LogP contribution in [-0.4, -0.2) is 38.3 Å². The van der Waals surface area contributed by atoms with E-state index < -0.39 is 0 Å². The largest absolute Gasteiger partial charge is 0.358 e. The van der Waals surface area contributed by atoms with Gasteiger partial charge in [0.25, 0.3) is 11.8 Å². The van der Waals surface area contributed by atoms with Gasteiger partial charge in [-0.2, -0.15) is 0 Å². The highest BCUT2D eigenvalue weighted by atomic mass is 79.9. The highest BCUT2D eigenvalue weighted by Crippen LogP contribution is 2.40. The van der Waals surface area contributed by atoms with Crippen molar-refractivity contribution in [2.24, 2.45) is 0 Å². The Morgan fingerprint density at radius 3 is 2.79 bits per heavy atom. The van der Waals surface area contributed by atoms with Gasteiger partial charge in [0, 0.05) is 34.2 Å². The third-order valence-electron chi connectivity index (χ3n) is 5.60. The number of amides is 2. The number of aromatic amines is 1. The maximum Gasteiger partial charge on any atom is 0.256 e. The minimum atomic E-state index is -0.226. The quantitative estimate of drug-likeness (QED) is 0.333. The molecule has 0 bridgehead atoms. The van der Waals surface area contributed by atoms with E-state index in [0.717, 1.165) is 32.5 Å². The number of anilines is 1. The van der Waals surface area contributed by atoms with Gasteiger partial charge in [-0.25, -0.2) is 0 Å². The van der Waals surface area contributed by atoms with Crippen molar-refractivity contribution in [3.8, 4) is 11.1 Å². The zero-order valence-electron chi connectivity index (χ0n) is 18.3. The first-order chi connectivity index (χ1) is 16.5.